The SMILES string of the molecule is CC(=O)OCc1c(C=O)[n+](=O)c2ccccc2n1[O-]. The lowest BCUT2D eigenvalue weighted by Gasteiger charge is -2.17. The van der Waals surface area contributed by atoms with E-state index in [0.29, 0.717) is 9.16 Å². The molecule has 0 saturated heterocycles. The van der Waals surface area contributed by atoms with Crippen molar-refractivity contribution in [2.24, 2.45) is 0 Å². The molecular formula is C12H10N2O5. The van der Waals surface area contributed by atoms with Crippen LogP contribution < -0.4 is 4.43 Å². The highest BCUT2D eigenvalue weighted by Gasteiger charge is 2.22. The monoisotopic (exact) mass is 262 g/mol. The highest BCUT2D eigenvalue weighted by Crippen LogP contribution is 2.14. The molecule has 0 radical (unpaired) electrons. The van der Waals surface area contributed by atoms with Crippen molar-refractivity contribution in [1.82, 2.24) is 4.73 Å². The lowest BCUT2D eigenvalue weighted by molar-refractivity contribution is -0.467. The molecule has 0 amide bonds. The Hall–Kier alpha value is -2.70. The van der Waals surface area contributed by atoms with Crippen molar-refractivity contribution in [2.75, 3.05) is 0 Å². The van der Waals surface area contributed by atoms with Crippen LogP contribution in [0.3, 0.4) is 0 Å². The molecule has 2 aromatic rings. The van der Waals surface area contributed by atoms with Crippen LogP contribution in [0, 0.1) is 10.1 Å². The molecule has 1 aromatic carbocycles. The van der Waals surface area contributed by atoms with Gasteiger partial charge in [0, 0.05) is 17.9 Å². The molecule has 0 fully saturated rings. The van der Waals surface area contributed by atoms with E-state index < -0.39 is 12.6 Å². The van der Waals surface area contributed by atoms with Gasteiger partial charge in [-0.3, -0.25) is 9.59 Å². The summed E-state index contributed by atoms with van der Waals surface area (Å²) >= 11 is 0. The third-order valence-corrected chi connectivity index (χ3v) is 2.60. The molecule has 1 heterocycles. The Labute approximate surface area is 107 Å². The zero-order chi connectivity index (χ0) is 14.0. The minimum absolute atomic E-state index is 0.0752. The Morgan fingerprint density at radius 2 is 2.16 bits per heavy atom. The first-order valence-corrected chi connectivity index (χ1v) is 5.41. The van der Waals surface area contributed by atoms with E-state index in [0.717, 1.165) is 0 Å². The van der Waals surface area contributed by atoms with Crippen LogP contribution in [0.4, 0.5) is 0 Å². The number of esters is 1. The number of nitrogens with zero attached hydrogens (tertiary/aromatic N) is 2. The third kappa shape index (κ3) is 2.17. The summed E-state index contributed by atoms with van der Waals surface area (Å²) in [5.74, 6) is -0.609. The van der Waals surface area contributed by atoms with Gasteiger partial charge in [0.1, 0.15) is 17.8 Å². The van der Waals surface area contributed by atoms with Crippen LogP contribution in [-0.2, 0) is 16.1 Å². The topological polar surface area (TPSA) is 94.3 Å². The second-order valence-electron chi connectivity index (χ2n) is 3.81. The first kappa shape index (κ1) is 12.7. The van der Waals surface area contributed by atoms with Crippen molar-refractivity contribution < 1.29 is 18.8 Å². The number of rotatable bonds is 3. The van der Waals surface area contributed by atoms with Gasteiger partial charge in [-0.2, -0.15) is 0 Å². The van der Waals surface area contributed by atoms with Gasteiger partial charge in [-0.1, -0.05) is 12.1 Å². The van der Waals surface area contributed by atoms with Crippen LogP contribution in [0.25, 0.3) is 11.0 Å². The zero-order valence-electron chi connectivity index (χ0n) is 10.0. The standard InChI is InChI=1S/C12H10N2O5/c1-8(16)19-7-12-11(6-15)13(17)9-4-2-3-5-10(9)14(12)18/h2-6H,7H2,1H3. The molecule has 2 rings (SSSR count). The maximum Gasteiger partial charge on any atom is 0.325 e. The van der Waals surface area contributed by atoms with Crippen molar-refractivity contribution in [2.45, 2.75) is 13.5 Å². The van der Waals surface area contributed by atoms with Gasteiger partial charge in [-0.25, -0.2) is 0 Å². The molecule has 7 heteroatoms. The molecule has 1 aromatic heterocycles. The van der Waals surface area contributed by atoms with Crippen LogP contribution in [0.2, 0.25) is 0 Å². The number of fused-ring (bicyclic) bond motifs is 1. The van der Waals surface area contributed by atoms with Gasteiger partial charge in [0.15, 0.2) is 0 Å². The molecule has 0 aliphatic carbocycles. The van der Waals surface area contributed by atoms with Crippen molar-refractivity contribution in [3.05, 3.63) is 45.8 Å². The average Bonchev–Trinajstić information content (AvgIpc) is 2.41. The Morgan fingerprint density at radius 3 is 2.79 bits per heavy atom. The molecule has 0 unspecified atom stereocenters. The maximum atomic E-state index is 12.1. The summed E-state index contributed by atoms with van der Waals surface area (Å²) in [7, 11) is 0. The van der Waals surface area contributed by atoms with Crippen LogP contribution in [-0.4, -0.2) is 17.0 Å². The molecule has 0 saturated carbocycles. The Kier molecular flexibility index (Phi) is 3.28. The second-order valence-corrected chi connectivity index (χ2v) is 3.81. The van der Waals surface area contributed by atoms with Crippen LogP contribution in [0.5, 0.6) is 0 Å². The first-order valence-electron chi connectivity index (χ1n) is 5.41. The van der Waals surface area contributed by atoms with E-state index in [2.05, 4.69) is 4.74 Å². The summed E-state index contributed by atoms with van der Waals surface area (Å²) in [6.45, 7) is 0.738. The predicted octanol–water partition coefficient (Wildman–Crippen LogP) is 0.777. The van der Waals surface area contributed by atoms with Gasteiger partial charge in [0.05, 0.1) is 4.43 Å². The Morgan fingerprint density at radius 1 is 1.47 bits per heavy atom. The van der Waals surface area contributed by atoms with Crippen molar-refractivity contribution >= 4 is 23.3 Å². The van der Waals surface area contributed by atoms with Gasteiger partial charge < -0.3 is 14.7 Å². The molecule has 98 valence electrons. The number of carbonyl (C=O) groups is 2. The van der Waals surface area contributed by atoms with E-state index >= 15 is 0 Å². The number of para-hydroxylation sites is 2. The molecule has 0 bridgehead atoms. The van der Waals surface area contributed by atoms with Crippen molar-refractivity contribution in [3.8, 4) is 0 Å². The highest BCUT2D eigenvalue weighted by atomic mass is 16.5. The predicted molar refractivity (Wildman–Crippen MR) is 64.9 cm³/mol. The molecule has 0 N–H and O–H groups in total. The molecule has 0 aliphatic rings. The van der Waals surface area contributed by atoms with Gasteiger partial charge >= 0.3 is 11.7 Å². The zero-order valence-corrected chi connectivity index (χ0v) is 10.0. The molecular weight excluding hydrogens is 252 g/mol. The molecule has 0 spiro atoms. The summed E-state index contributed by atoms with van der Waals surface area (Å²) in [5, 5.41) is 12.1. The number of carbonyl (C=O) groups excluding carboxylic acids is 2. The Bertz CT molecular complexity index is 720. The minimum atomic E-state index is -0.609. The van der Waals surface area contributed by atoms with Crippen LogP contribution >= 0.6 is 0 Å². The molecule has 0 atom stereocenters. The molecule has 0 aliphatic heterocycles. The average molecular weight is 262 g/mol. The first-order chi connectivity index (χ1) is 9.06. The second kappa shape index (κ2) is 4.89. The van der Waals surface area contributed by atoms with E-state index in [4.69, 9.17) is 0 Å². The van der Waals surface area contributed by atoms with Gasteiger partial charge in [-0.15, -0.1) is 0 Å². The smallest absolute Gasteiger partial charge is 0.325 e. The van der Waals surface area contributed by atoms with Crippen LogP contribution in [0.1, 0.15) is 23.1 Å². The number of ether oxygens (including phenoxy) is 1. The molecule has 19 heavy (non-hydrogen) atoms. The quantitative estimate of drug-likeness (QED) is 0.462. The summed E-state index contributed by atoms with van der Waals surface area (Å²) < 4.78 is 5.47. The van der Waals surface area contributed by atoms with Gasteiger partial charge in [0.25, 0.3) is 5.52 Å². The summed E-state index contributed by atoms with van der Waals surface area (Å²) in [6.07, 6.45) is 0.271. The lowest BCUT2D eigenvalue weighted by atomic mass is 10.2. The van der Waals surface area contributed by atoms with Gasteiger partial charge in [0.2, 0.25) is 6.29 Å². The van der Waals surface area contributed by atoms with Gasteiger partial charge in [-0.05, 0) is 6.07 Å². The summed E-state index contributed by atoms with van der Waals surface area (Å²) in [6, 6.07) is 6.05. The number of hydrogen-bond acceptors (Lipinski definition) is 5. The summed E-state index contributed by atoms with van der Waals surface area (Å²) in [5.41, 5.74) is -0.384. The van der Waals surface area contributed by atoms with Crippen molar-refractivity contribution in [3.63, 3.8) is 0 Å². The summed E-state index contributed by atoms with van der Waals surface area (Å²) in [4.78, 5) is 33.7. The fourth-order valence-corrected chi connectivity index (χ4v) is 1.72. The molecule has 7 nitrogen and oxygen atoms in total. The fraction of sp³-hybridized carbons (Fsp3) is 0.167. The van der Waals surface area contributed by atoms with E-state index in [-0.39, 0.29) is 28.7 Å². The lowest BCUT2D eigenvalue weighted by Crippen LogP contribution is -2.28. The van der Waals surface area contributed by atoms with E-state index in [1.165, 1.54) is 19.1 Å². The van der Waals surface area contributed by atoms with Crippen LogP contribution in [0.15, 0.2) is 24.3 Å². The highest BCUT2D eigenvalue weighted by molar-refractivity contribution is 5.78. The number of aldehydes is 1. The Balaban J connectivity index is 2.74. The largest absolute Gasteiger partial charge is 0.805 e. The minimum Gasteiger partial charge on any atom is -0.805 e. The third-order valence-electron chi connectivity index (χ3n) is 2.60. The fourth-order valence-electron chi connectivity index (χ4n) is 1.72. The van der Waals surface area contributed by atoms with Crippen molar-refractivity contribution in [1.29, 1.82) is 0 Å². The number of benzene rings is 1. The van der Waals surface area contributed by atoms with E-state index in [1.807, 2.05) is 0 Å². The normalized spacial score (nSPS) is 10.4. The van der Waals surface area contributed by atoms with E-state index in [1.54, 1.807) is 12.1 Å². The van der Waals surface area contributed by atoms with E-state index in [9.17, 15) is 19.7 Å². The number of aromatic nitrogens is 2. The number of hydrogen-bond donors (Lipinski definition) is 0. The maximum absolute atomic E-state index is 12.1.